The highest BCUT2D eigenvalue weighted by atomic mass is 19.4. The third kappa shape index (κ3) is 5.01. The van der Waals surface area contributed by atoms with Gasteiger partial charge in [-0.05, 0) is 30.3 Å². The molecule has 0 saturated carbocycles. The Labute approximate surface area is 176 Å². The van der Waals surface area contributed by atoms with Crippen LogP contribution in [-0.2, 0) is 17.4 Å². The number of pyridine rings is 1. The van der Waals surface area contributed by atoms with E-state index in [9.17, 15) is 18.0 Å². The number of hydrogen-bond donors (Lipinski definition) is 0. The summed E-state index contributed by atoms with van der Waals surface area (Å²) in [5.41, 5.74) is 0.568. The largest absolute Gasteiger partial charge is 0.416 e. The standard InChI is InChI=1S/C21H20F3N5O2/c22-21(23,24)16-4-1-5-17(13-16)28-9-11-29(12-10-28)19(30)7-6-18-26-20(27-31-18)15-3-2-8-25-14-15/h1-5,8,13-14H,6-7,9-12H2. The molecule has 162 valence electrons. The predicted molar refractivity (Wildman–Crippen MR) is 106 cm³/mol. The lowest BCUT2D eigenvalue weighted by Crippen LogP contribution is -2.48. The first-order chi connectivity index (χ1) is 14.9. The number of aromatic nitrogens is 3. The Kier molecular flexibility index (Phi) is 5.88. The van der Waals surface area contributed by atoms with Gasteiger partial charge < -0.3 is 14.3 Å². The molecule has 7 nitrogen and oxygen atoms in total. The van der Waals surface area contributed by atoms with E-state index in [0.717, 1.165) is 17.7 Å². The van der Waals surface area contributed by atoms with Crippen LogP contribution in [0.5, 0.6) is 0 Å². The van der Waals surface area contributed by atoms with Crippen LogP contribution >= 0.6 is 0 Å². The Morgan fingerprint density at radius 1 is 1.10 bits per heavy atom. The zero-order valence-corrected chi connectivity index (χ0v) is 16.5. The van der Waals surface area contributed by atoms with Crippen LogP contribution in [0.25, 0.3) is 11.4 Å². The molecule has 3 aromatic rings. The van der Waals surface area contributed by atoms with Gasteiger partial charge in [0.1, 0.15) is 0 Å². The quantitative estimate of drug-likeness (QED) is 0.616. The van der Waals surface area contributed by atoms with Gasteiger partial charge in [0.25, 0.3) is 0 Å². The summed E-state index contributed by atoms with van der Waals surface area (Å²) >= 11 is 0. The molecule has 31 heavy (non-hydrogen) atoms. The van der Waals surface area contributed by atoms with Crippen LogP contribution in [0.15, 0.2) is 53.3 Å². The molecule has 1 amide bonds. The Morgan fingerprint density at radius 2 is 1.90 bits per heavy atom. The molecule has 2 aromatic heterocycles. The monoisotopic (exact) mass is 431 g/mol. The molecule has 1 aliphatic heterocycles. The smallest absolute Gasteiger partial charge is 0.368 e. The minimum absolute atomic E-state index is 0.0511. The maximum atomic E-state index is 12.9. The SMILES string of the molecule is O=C(CCc1nc(-c2cccnc2)no1)N1CCN(c2cccc(C(F)(F)F)c2)CC1. The molecule has 0 bridgehead atoms. The second-order valence-corrected chi connectivity index (χ2v) is 7.17. The van der Waals surface area contributed by atoms with E-state index in [1.807, 2.05) is 11.0 Å². The topological polar surface area (TPSA) is 75.4 Å². The van der Waals surface area contributed by atoms with Gasteiger partial charge >= 0.3 is 6.18 Å². The third-order valence-electron chi connectivity index (χ3n) is 5.11. The molecule has 0 N–H and O–H groups in total. The lowest BCUT2D eigenvalue weighted by molar-refractivity contribution is -0.137. The van der Waals surface area contributed by atoms with Crippen LogP contribution in [0.2, 0.25) is 0 Å². The summed E-state index contributed by atoms with van der Waals surface area (Å²) in [7, 11) is 0. The summed E-state index contributed by atoms with van der Waals surface area (Å²) in [6.07, 6.45) is -0.558. The van der Waals surface area contributed by atoms with Gasteiger partial charge in [-0.1, -0.05) is 11.2 Å². The van der Waals surface area contributed by atoms with Crippen molar-refractivity contribution in [2.45, 2.75) is 19.0 Å². The maximum absolute atomic E-state index is 12.9. The predicted octanol–water partition coefficient (Wildman–Crippen LogP) is 3.43. The summed E-state index contributed by atoms with van der Waals surface area (Å²) in [6.45, 7) is 1.83. The molecule has 0 spiro atoms. The van der Waals surface area contributed by atoms with E-state index in [2.05, 4.69) is 15.1 Å². The number of alkyl halides is 3. The van der Waals surface area contributed by atoms with Crippen LogP contribution < -0.4 is 4.90 Å². The molecular weight excluding hydrogens is 411 g/mol. The summed E-state index contributed by atoms with van der Waals surface area (Å²) < 4.78 is 44.0. The highest BCUT2D eigenvalue weighted by Gasteiger charge is 2.31. The second kappa shape index (κ2) is 8.75. The number of nitrogens with zero attached hydrogens (tertiary/aromatic N) is 5. The Hall–Kier alpha value is -3.43. The zero-order chi connectivity index (χ0) is 21.8. The van der Waals surface area contributed by atoms with Gasteiger partial charge in [0.2, 0.25) is 17.6 Å². The van der Waals surface area contributed by atoms with Crippen LogP contribution in [0.3, 0.4) is 0 Å². The van der Waals surface area contributed by atoms with E-state index < -0.39 is 11.7 Å². The maximum Gasteiger partial charge on any atom is 0.416 e. The Balaban J connectivity index is 1.29. The first-order valence-corrected chi connectivity index (χ1v) is 9.83. The molecule has 0 unspecified atom stereocenters. The minimum Gasteiger partial charge on any atom is -0.368 e. The number of carbonyl (C=O) groups excluding carboxylic acids is 1. The summed E-state index contributed by atoms with van der Waals surface area (Å²) in [5, 5.41) is 3.91. The minimum atomic E-state index is -4.38. The van der Waals surface area contributed by atoms with E-state index in [1.165, 1.54) is 6.07 Å². The fraction of sp³-hybridized carbons (Fsp3) is 0.333. The highest BCUT2D eigenvalue weighted by molar-refractivity contribution is 5.76. The van der Waals surface area contributed by atoms with Crippen molar-refractivity contribution in [1.82, 2.24) is 20.0 Å². The van der Waals surface area contributed by atoms with Crippen molar-refractivity contribution in [3.05, 3.63) is 60.2 Å². The van der Waals surface area contributed by atoms with Crippen molar-refractivity contribution < 1.29 is 22.5 Å². The number of carbonyl (C=O) groups is 1. The number of aryl methyl sites for hydroxylation is 1. The third-order valence-corrected chi connectivity index (χ3v) is 5.11. The molecule has 1 aromatic carbocycles. The lowest BCUT2D eigenvalue weighted by Gasteiger charge is -2.36. The van der Waals surface area contributed by atoms with E-state index in [-0.39, 0.29) is 12.3 Å². The van der Waals surface area contributed by atoms with Crippen LogP contribution in [0.4, 0.5) is 18.9 Å². The van der Waals surface area contributed by atoms with E-state index >= 15 is 0 Å². The van der Waals surface area contributed by atoms with Crippen molar-refractivity contribution in [2.75, 3.05) is 31.1 Å². The van der Waals surface area contributed by atoms with Gasteiger partial charge in [0.05, 0.1) is 5.56 Å². The first-order valence-electron chi connectivity index (χ1n) is 9.83. The van der Waals surface area contributed by atoms with Crippen LogP contribution in [-0.4, -0.2) is 52.1 Å². The Morgan fingerprint density at radius 3 is 2.61 bits per heavy atom. The molecule has 1 aliphatic rings. The normalized spacial score (nSPS) is 14.7. The molecular formula is C21H20F3N5O2. The van der Waals surface area contributed by atoms with Gasteiger partial charge in [-0.2, -0.15) is 18.2 Å². The summed E-state index contributed by atoms with van der Waals surface area (Å²) in [6, 6.07) is 8.85. The van der Waals surface area contributed by atoms with Gasteiger partial charge in [-0.25, -0.2) is 0 Å². The van der Waals surface area contributed by atoms with Gasteiger partial charge in [-0.3, -0.25) is 9.78 Å². The van der Waals surface area contributed by atoms with Crippen molar-refractivity contribution in [3.8, 4) is 11.4 Å². The summed E-state index contributed by atoms with van der Waals surface area (Å²) in [5.74, 6) is 0.741. The number of benzene rings is 1. The average Bonchev–Trinajstić information content (AvgIpc) is 3.27. The van der Waals surface area contributed by atoms with Crippen molar-refractivity contribution >= 4 is 11.6 Å². The van der Waals surface area contributed by atoms with Crippen LogP contribution in [0, 0.1) is 0 Å². The van der Waals surface area contributed by atoms with Gasteiger partial charge in [0.15, 0.2) is 0 Å². The molecule has 3 heterocycles. The average molecular weight is 431 g/mol. The van der Waals surface area contributed by atoms with E-state index in [0.29, 0.717) is 50.0 Å². The molecule has 4 rings (SSSR count). The van der Waals surface area contributed by atoms with Gasteiger partial charge in [0, 0.05) is 62.7 Å². The lowest BCUT2D eigenvalue weighted by atomic mass is 10.1. The van der Waals surface area contributed by atoms with Gasteiger partial charge in [-0.15, -0.1) is 0 Å². The fourth-order valence-electron chi connectivity index (χ4n) is 3.43. The number of hydrogen-bond acceptors (Lipinski definition) is 6. The second-order valence-electron chi connectivity index (χ2n) is 7.17. The number of piperazine rings is 1. The number of rotatable bonds is 5. The molecule has 0 radical (unpaired) electrons. The van der Waals surface area contributed by atoms with Crippen LogP contribution in [0.1, 0.15) is 17.9 Å². The molecule has 0 atom stereocenters. The fourth-order valence-corrected chi connectivity index (χ4v) is 3.43. The van der Waals surface area contributed by atoms with Crippen molar-refractivity contribution in [1.29, 1.82) is 0 Å². The molecule has 1 saturated heterocycles. The zero-order valence-electron chi connectivity index (χ0n) is 16.5. The molecule has 0 aliphatic carbocycles. The van der Waals surface area contributed by atoms with E-state index in [4.69, 9.17) is 4.52 Å². The van der Waals surface area contributed by atoms with Crippen molar-refractivity contribution in [2.24, 2.45) is 0 Å². The summed E-state index contributed by atoms with van der Waals surface area (Å²) in [4.78, 5) is 24.4. The molecule has 1 fully saturated rings. The molecule has 10 heteroatoms. The highest BCUT2D eigenvalue weighted by Crippen LogP contribution is 2.31. The number of anilines is 1. The first kappa shape index (κ1) is 20.8. The van der Waals surface area contributed by atoms with Crippen molar-refractivity contribution in [3.63, 3.8) is 0 Å². The van der Waals surface area contributed by atoms with E-state index in [1.54, 1.807) is 29.4 Å². The Bertz CT molecular complexity index is 1030. The number of amides is 1. The number of halogens is 3.